The molecule has 0 bridgehead atoms. The first-order valence-electron chi connectivity index (χ1n) is 14.7. The van der Waals surface area contributed by atoms with Crippen LogP contribution in [0.1, 0.15) is 34.8 Å². The zero-order chi connectivity index (χ0) is 28.1. The summed E-state index contributed by atoms with van der Waals surface area (Å²) in [7, 11) is 0. The van der Waals surface area contributed by atoms with E-state index in [0.29, 0.717) is 28.2 Å². The third kappa shape index (κ3) is 6.03. The van der Waals surface area contributed by atoms with Gasteiger partial charge in [0.25, 0.3) is 0 Å². The Morgan fingerprint density at radius 2 is 1.17 bits per heavy atom. The first-order chi connectivity index (χ1) is 20.8. The molecule has 0 N–H and O–H groups in total. The van der Waals surface area contributed by atoms with Crippen molar-refractivity contribution >= 4 is 25.5 Å². The number of benzene rings is 4. The van der Waals surface area contributed by atoms with Gasteiger partial charge in [-0.15, -0.1) is 0 Å². The van der Waals surface area contributed by atoms with Gasteiger partial charge in [-0.2, -0.15) is 0 Å². The topological polar surface area (TPSA) is 40.2 Å². The molecule has 5 nitrogen and oxygen atoms in total. The van der Waals surface area contributed by atoms with Gasteiger partial charge in [-0.25, -0.2) is 0 Å². The number of ether oxygens (including phenoxy) is 4. The molecule has 0 radical (unpaired) electrons. The molecule has 0 aliphatic carbocycles. The summed E-state index contributed by atoms with van der Waals surface area (Å²) in [4.78, 5) is 2.52. The molecule has 0 amide bonds. The zero-order valence-electron chi connectivity index (χ0n) is 23.4. The molecule has 0 saturated carbocycles. The second kappa shape index (κ2) is 13.1. The van der Waals surface area contributed by atoms with Gasteiger partial charge in [0.1, 0.15) is 0 Å². The molecule has 214 valence electrons. The summed E-state index contributed by atoms with van der Waals surface area (Å²) in [6, 6.07) is 40.0. The van der Waals surface area contributed by atoms with Crippen LogP contribution in [0.5, 0.6) is 0 Å². The van der Waals surface area contributed by atoms with Gasteiger partial charge in [-0.3, -0.25) is 0 Å². The van der Waals surface area contributed by atoms with E-state index in [1.165, 1.54) is 15.6 Å². The summed E-state index contributed by atoms with van der Waals surface area (Å²) < 4.78 is 27.6. The molecule has 0 spiro atoms. The van der Waals surface area contributed by atoms with Gasteiger partial charge in [0, 0.05) is 0 Å². The Kier molecular flexibility index (Phi) is 8.64. The summed E-state index contributed by atoms with van der Waals surface area (Å²) in [5.74, 6) is 0. The second-order valence-corrected chi connectivity index (χ2v) is 13.1. The van der Waals surface area contributed by atoms with Gasteiger partial charge < -0.3 is 0 Å². The van der Waals surface area contributed by atoms with Gasteiger partial charge in [-0.1, -0.05) is 0 Å². The van der Waals surface area contributed by atoms with Crippen molar-refractivity contribution in [2.45, 2.75) is 48.7 Å². The summed E-state index contributed by atoms with van der Waals surface area (Å²) in [5, 5.41) is 1.05. The molecule has 4 aromatic rings. The molecule has 2 unspecified atom stereocenters. The molecule has 42 heavy (non-hydrogen) atoms. The van der Waals surface area contributed by atoms with E-state index < -0.39 is 12.6 Å². The summed E-state index contributed by atoms with van der Waals surface area (Å²) >= 11 is 0.330. The molecule has 3 heterocycles. The number of allylic oxidation sites excluding steroid dienone is 1. The van der Waals surface area contributed by atoms with E-state index in [0.717, 1.165) is 23.0 Å². The van der Waals surface area contributed by atoms with Crippen molar-refractivity contribution in [2.75, 3.05) is 13.2 Å². The molecule has 3 fully saturated rings. The second-order valence-electron chi connectivity index (χ2n) is 10.9. The van der Waals surface area contributed by atoms with Crippen molar-refractivity contribution < 1.29 is 18.9 Å². The van der Waals surface area contributed by atoms with Crippen molar-refractivity contribution in [2.24, 2.45) is 0 Å². The van der Waals surface area contributed by atoms with Crippen molar-refractivity contribution in [3.05, 3.63) is 144 Å². The quantitative estimate of drug-likeness (QED) is 0.228. The van der Waals surface area contributed by atoms with E-state index in [9.17, 15) is 0 Å². The van der Waals surface area contributed by atoms with Gasteiger partial charge in [0.2, 0.25) is 0 Å². The first kappa shape index (κ1) is 27.8. The molecule has 4 aromatic carbocycles. The van der Waals surface area contributed by atoms with Gasteiger partial charge in [-0.05, 0) is 0 Å². The van der Waals surface area contributed by atoms with Crippen LogP contribution in [0, 0.1) is 0 Å². The number of fused-ring (bicyclic) bond motifs is 3. The fourth-order valence-corrected chi connectivity index (χ4v) is 7.99. The third-order valence-electron chi connectivity index (χ3n) is 8.25. The molecular formula is C36H35NO4Se. The normalized spacial score (nSPS) is 27.5. The van der Waals surface area contributed by atoms with Crippen LogP contribution >= 0.6 is 0 Å². The summed E-state index contributed by atoms with van der Waals surface area (Å²) in [6.45, 7) is 1.99. The van der Waals surface area contributed by atoms with E-state index in [4.69, 9.17) is 18.9 Å². The Labute approximate surface area is 254 Å². The standard InChI is InChI=1S/C36H35NO4Se/c1-4-13-26(14-5-1)15-12-22-42-32-21-11-10-20-29(32)23-37-30-24-38-35(27-16-6-2-7-17-27)40-33(30)34-31(37)25-39-36(41-34)28-18-8-3-9-19-28/h1-21,30-31,33-36H,22-25H2/b15-12+/t30-,31-,33+,34+,35?,36?/m0/s1. The van der Waals surface area contributed by atoms with Crippen molar-refractivity contribution in [3.8, 4) is 0 Å². The minimum absolute atomic E-state index is 0.0802. The van der Waals surface area contributed by atoms with Crippen LogP contribution in [0.4, 0.5) is 0 Å². The van der Waals surface area contributed by atoms with Crippen LogP contribution in [0.25, 0.3) is 6.08 Å². The molecule has 3 saturated heterocycles. The third-order valence-corrected chi connectivity index (χ3v) is 10.5. The molecule has 3 aliphatic rings. The average molecular weight is 625 g/mol. The van der Waals surface area contributed by atoms with E-state index in [-0.39, 0.29) is 24.3 Å². The monoisotopic (exact) mass is 625 g/mol. The van der Waals surface area contributed by atoms with Crippen LogP contribution in [-0.4, -0.2) is 57.4 Å². The van der Waals surface area contributed by atoms with E-state index in [1.54, 1.807) is 0 Å². The predicted molar refractivity (Wildman–Crippen MR) is 165 cm³/mol. The van der Waals surface area contributed by atoms with Crippen molar-refractivity contribution in [1.29, 1.82) is 0 Å². The molecule has 3 aliphatic heterocycles. The number of likely N-dealkylation sites (tertiary alicyclic amines) is 1. The molecule has 0 aromatic heterocycles. The molecule has 6 heteroatoms. The Balaban J connectivity index is 1.11. The number of rotatable bonds is 8. The van der Waals surface area contributed by atoms with Crippen LogP contribution in [0.2, 0.25) is 5.32 Å². The predicted octanol–water partition coefficient (Wildman–Crippen LogP) is 5.93. The van der Waals surface area contributed by atoms with Gasteiger partial charge in [0.15, 0.2) is 0 Å². The maximum absolute atomic E-state index is 6.72. The van der Waals surface area contributed by atoms with Crippen LogP contribution < -0.4 is 4.46 Å². The Morgan fingerprint density at radius 3 is 1.76 bits per heavy atom. The average Bonchev–Trinajstić information content (AvgIpc) is 3.37. The van der Waals surface area contributed by atoms with Crippen LogP contribution in [0.3, 0.4) is 0 Å². The minimum atomic E-state index is -0.401. The van der Waals surface area contributed by atoms with E-state index in [1.807, 2.05) is 36.4 Å². The van der Waals surface area contributed by atoms with Gasteiger partial charge >= 0.3 is 255 Å². The maximum atomic E-state index is 6.72. The first-order valence-corrected chi connectivity index (χ1v) is 16.7. The zero-order valence-corrected chi connectivity index (χ0v) is 25.1. The van der Waals surface area contributed by atoms with E-state index >= 15 is 0 Å². The van der Waals surface area contributed by atoms with Crippen molar-refractivity contribution in [1.82, 2.24) is 4.90 Å². The molecule has 6 atom stereocenters. The van der Waals surface area contributed by atoms with E-state index in [2.05, 4.69) is 95.9 Å². The number of hydrogen-bond acceptors (Lipinski definition) is 5. The SMILES string of the molecule is C(=C\c1ccccc1)/C[Se]c1ccccc1CN1[C@H]2COC(c3ccccc3)O[C@H]2[C@@H]2OC(c3ccccc3)OC[C@@H]21. The Bertz CT molecular complexity index is 1400. The Morgan fingerprint density at radius 1 is 0.643 bits per heavy atom. The van der Waals surface area contributed by atoms with Crippen LogP contribution in [-0.2, 0) is 25.5 Å². The van der Waals surface area contributed by atoms with Crippen LogP contribution in [0.15, 0.2) is 121 Å². The number of hydrogen-bond donors (Lipinski definition) is 0. The molecular weight excluding hydrogens is 589 g/mol. The number of nitrogens with zero attached hydrogens (tertiary/aromatic N) is 1. The summed E-state index contributed by atoms with van der Waals surface area (Å²) in [5.41, 5.74) is 4.68. The fraction of sp³-hybridized carbons (Fsp3) is 0.278. The molecule has 7 rings (SSSR count). The fourth-order valence-electron chi connectivity index (χ4n) is 6.18. The Hall–Kier alpha value is -3.06. The van der Waals surface area contributed by atoms with Crippen molar-refractivity contribution in [3.63, 3.8) is 0 Å². The van der Waals surface area contributed by atoms with Gasteiger partial charge in [0.05, 0.1) is 0 Å². The summed E-state index contributed by atoms with van der Waals surface area (Å²) in [6.07, 6.45) is 3.49.